The normalized spacial score (nSPS) is 23.1. The zero-order chi connectivity index (χ0) is 16.1. The van der Waals surface area contributed by atoms with Crippen LogP contribution >= 0.6 is 0 Å². The molecule has 0 bridgehead atoms. The van der Waals surface area contributed by atoms with Crippen LogP contribution in [-0.4, -0.2) is 29.3 Å². The molecule has 0 aromatic heterocycles. The number of likely N-dealkylation sites (tertiary alicyclic amines) is 1. The van der Waals surface area contributed by atoms with Crippen molar-refractivity contribution >= 4 is 11.8 Å². The van der Waals surface area contributed by atoms with Crippen molar-refractivity contribution in [2.75, 3.05) is 6.54 Å². The fraction of sp³-hybridized carbons (Fsp3) is 0.529. The first kappa shape index (κ1) is 16.5. The highest BCUT2D eigenvalue weighted by atomic mass is 16.2. The summed E-state index contributed by atoms with van der Waals surface area (Å²) in [4.78, 5) is 25.6. The van der Waals surface area contributed by atoms with Gasteiger partial charge in [0.1, 0.15) is 0 Å². The van der Waals surface area contributed by atoms with Crippen LogP contribution in [0, 0.1) is 5.92 Å². The van der Waals surface area contributed by atoms with Crippen molar-refractivity contribution in [1.82, 2.24) is 4.90 Å². The van der Waals surface area contributed by atoms with Crippen LogP contribution in [0.4, 0.5) is 0 Å². The Hall–Kier alpha value is -1.88. The molecule has 1 aliphatic heterocycles. The maximum absolute atomic E-state index is 12.4. The lowest BCUT2D eigenvalue weighted by molar-refractivity contribution is -0.137. The highest BCUT2D eigenvalue weighted by Gasteiger charge is 2.31. The fourth-order valence-electron chi connectivity index (χ4n) is 2.98. The number of rotatable bonds is 5. The van der Waals surface area contributed by atoms with Crippen LogP contribution in [0.3, 0.4) is 0 Å². The predicted octanol–water partition coefficient (Wildman–Crippen LogP) is 1.58. The molecule has 1 aromatic carbocycles. The molecule has 2 rings (SSSR count). The Kier molecular flexibility index (Phi) is 5.55. The Bertz CT molecular complexity index is 518. The Morgan fingerprint density at radius 3 is 2.59 bits per heavy atom. The molecule has 4 N–H and O–H groups in total. The number of nitrogens with zero attached hydrogens (tertiary/aromatic N) is 1. The topological polar surface area (TPSA) is 89.4 Å². The predicted molar refractivity (Wildman–Crippen MR) is 85.7 cm³/mol. The quantitative estimate of drug-likeness (QED) is 0.865. The summed E-state index contributed by atoms with van der Waals surface area (Å²) in [6.45, 7) is 2.46. The van der Waals surface area contributed by atoms with E-state index in [0.29, 0.717) is 19.4 Å². The van der Waals surface area contributed by atoms with Gasteiger partial charge in [-0.25, -0.2) is 0 Å². The van der Waals surface area contributed by atoms with Gasteiger partial charge >= 0.3 is 0 Å². The summed E-state index contributed by atoms with van der Waals surface area (Å²) in [5.41, 5.74) is 12.6. The number of carbonyl (C=O) groups is 2. The molecule has 120 valence electrons. The number of primary amides is 1. The van der Waals surface area contributed by atoms with Gasteiger partial charge in [0.2, 0.25) is 11.8 Å². The van der Waals surface area contributed by atoms with Gasteiger partial charge in [-0.05, 0) is 31.7 Å². The molecule has 1 fully saturated rings. The summed E-state index contributed by atoms with van der Waals surface area (Å²) < 4.78 is 0. The van der Waals surface area contributed by atoms with Crippen molar-refractivity contribution in [3.8, 4) is 0 Å². The van der Waals surface area contributed by atoms with Crippen LogP contribution in [0.5, 0.6) is 0 Å². The summed E-state index contributed by atoms with van der Waals surface area (Å²) in [6.07, 6.45) is 2.59. The van der Waals surface area contributed by atoms with Gasteiger partial charge in [-0.15, -0.1) is 0 Å². The first-order valence-corrected chi connectivity index (χ1v) is 7.88. The van der Waals surface area contributed by atoms with E-state index in [9.17, 15) is 9.59 Å². The lowest BCUT2D eigenvalue weighted by Gasteiger charge is -2.37. The molecule has 1 heterocycles. The van der Waals surface area contributed by atoms with Gasteiger partial charge in [0.15, 0.2) is 0 Å². The maximum Gasteiger partial charge on any atom is 0.222 e. The molecule has 1 aliphatic rings. The van der Waals surface area contributed by atoms with Crippen molar-refractivity contribution in [1.29, 1.82) is 0 Å². The smallest absolute Gasteiger partial charge is 0.222 e. The van der Waals surface area contributed by atoms with Crippen LogP contribution in [0.2, 0.25) is 0 Å². The largest absolute Gasteiger partial charge is 0.369 e. The lowest BCUT2D eigenvalue weighted by atomic mass is 9.92. The van der Waals surface area contributed by atoms with Crippen LogP contribution in [0.15, 0.2) is 30.3 Å². The van der Waals surface area contributed by atoms with Crippen LogP contribution in [0.1, 0.15) is 44.2 Å². The van der Waals surface area contributed by atoms with Crippen molar-refractivity contribution in [3.63, 3.8) is 0 Å². The Labute approximate surface area is 131 Å². The zero-order valence-corrected chi connectivity index (χ0v) is 13.1. The first-order valence-electron chi connectivity index (χ1n) is 7.88. The second kappa shape index (κ2) is 7.40. The number of hydrogen-bond acceptors (Lipinski definition) is 3. The van der Waals surface area contributed by atoms with E-state index in [1.807, 2.05) is 37.3 Å². The van der Waals surface area contributed by atoms with E-state index in [0.717, 1.165) is 18.4 Å². The number of benzene rings is 1. The van der Waals surface area contributed by atoms with Crippen molar-refractivity contribution < 1.29 is 9.59 Å². The molecule has 5 nitrogen and oxygen atoms in total. The van der Waals surface area contributed by atoms with E-state index in [1.54, 1.807) is 4.90 Å². The highest BCUT2D eigenvalue weighted by Crippen LogP contribution is 2.24. The Morgan fingerprint density at radius 1 is 1.27 bits per heavy atom. The van der Waals surface area contributed by atoms with Gasteiger partial charge in [-0.1, -0.05) is 30.3 Å². The summed E-state index contributed by atoms with van der Waals surface area (Å²) in [5.74, 6) is -0.474. The third-order valence-corrected chi connectivity index (χ3v) is 4.50. The Morgan fingerprint density at radius 2 is 1.95 bits per heavy atom. The molecule has 1 saturated heterocycles. The first-order chi connectivity index (χ1) is 10.5. The van der Waals surface area contributed by atoms with Crippen molar-refractivity contribution in [2.24, 2.45) is 17.4 Å². The summed E-state index contributed by atoms with van der Waals surface area (Å²) in [7, 11) is 0. The van der Waals surface area contributed by atoms with E-state index in [-0.39, 0.29) is 29.8 Å². The highest BCUT2D eigenvalue weighted by molar-refractivity contribution is 5.80. The second-order valence-corrected chi connectivity index (χ2v) is 6.13. The number of amides is 2. The van der Waals surface area contributed by atoms with Crippen molar-refractivity contribution in [2.45, 2.75) is 44.7 Å². The molecule has 0 radical (unpaired) electrons. The number of hydrogen-bond donors (Lipinski definition) is 2. The van der Waals surface area contributed by atoms with Gasteiger partial charge in [0.25, 0.3) is 0 Å². The monoisotopic (exact) mass is 303 g/mol. The molecule has 0 saturated carbocycles. The average molecular weight is 303 g/mol. The molecule has 1 aromatic rings. The van der Waals surface area contributed by atoms with E-state index < -0.39 is 0 Å². The van der Waals surface area contributed by atoms with E-state index in [1.165, 1.54) is 0 Å². The van der Waals surface area contributed by atoms with E-state index in [2.05, 4.69) is 0 Å². The van der Waals surface area contributed by atoms with Crippen LogP contribution < -0.4 is 11.5 Å². The fourth-order valence-corrected chi connectivity index (χ4v) is 2.98. The molecule has 0 unspecified atom stereocenters. The number of piperidine rings is 1. The molecular formula is C17H25N3O2. The van der Waals surface area contributed by atoms with Crippen LogP contribution in [0.25, 0.3) is 0 Å². The third kappa shape index (κ3) is 4.07. The molecule has 2 amide bonds. The van der Waals surface area contributed by atoms with Gasteiger partial charge in [-0.3, -0.25) is 9.59 Å². The van der Waals surface area contributed by atoms with Gasteiger partial charge in [0, 0.05) is 25.0 Å². The van der Waals surface area contributed by atoms with Gasteiger partial charge in [-0.2, -0.15) is 0 Å². The molecule has 5 heteroatoms. The standard InChI is InChI=1S/C17H25N3O2/c1-12-7-8-14(17(19)22)11-20(12)16(21)10-9-15(18)13-5-3-2-4-6-13/h2-6,12,14-15H,7-11,18H2,1H3,(H2,19,22)/t12-,14-,15+/m1/s1. The number of nitrogens with two attached hydrogens (primary N) is 2. The Balaban J connectivity index is 1.89. The van der Waals surface area contributed by atoms with E-state index >= 15 is 0 Å². The molecule has 0 aliphatic carbocycles. The maximum atomic E-state index is 12.4. The summed E-state index contributed by atoms with van der Waals surface area (Å²) in [5, 5.41) is 0. The van der Waals surface area contributed by atoms with Crippen LogP contribution in [-0.2, 0) is 9.59 Å². The minimum Gasteiger partial charge on any atom is -0.369 e. The SMILES string of the molecule is C[C@@H]1CC[C@@H](C(N)=O)CN1C(=O)CC[C@H](N)c1ccccc1. The minimum atomic E-state index is -0.314. The molecule has 0 spiro atoms. The van der Waals surface area contributed by atoms with E-state index in [4.69, 9.17) is 11.5 Å². The average Bonchev–Trinajstić information content (AvgIpc) is 2.53. The van der Waals surface area contributed by atoms with Gasteiger partial charge < -0.3 is 16.4 Å². The lowest BCUT2D eigenvalue weighted by Crippen LogP contribution is -2.48. The molecular weight excluding hydrogens is 278 g/mol. The number of carbonyl (C=O) groups excluding carboxylic acids is 2. The summed E-state index contributed by atoms with van der Waals surface area (Å²) >= 11 is 0. The molecule has 22 heavy (non-hydrogen) atoms. The summed E-state index contributed by atoms with van der Waals surface area (Å²) in [6, 6.07) is 9.81. The zero-order valence-electron chi connectivity index (χ0n) is 13.1. The van der Waals surface area contributed by atoms with Gasteiger partial charge in [0.05, 0.1) is 5.92 Å². The molecule has 3 atom stereocenters. The van der Waals surface area contributed by atoms with Crippen molar-refractivity contribution in [3.05, 3.63) is 35.9 Å². The second-order valence-electron chi connectivity index (χ2n) is 6.13. The minimum absolute atomic E-state index is 0.0600. The third-order valence-electron chi connectivity index (χ3n) is 4.50.